The topological polar surface area (TPSA) is 75.6 Å². The molecule has 1 atom stereocenters. The van der Waals surface area contributed by atoms with Gasteiger partial charge in [0.1, 0.15) is 18.5 Å². The highest BCUT2D eigenvalue weighted by Gasteiger charge is 2.08. The molecular weight excluding hydrogens is 278 g/mol. The van der Waals surface area contributed by atoms with Gasteiger partial charge in [-0.2, -0.15) is 0 Å². The van der Waals surface area contributed by atoms with Crippen molar-refractivity contribution in [3.05, 3.63) is 24.3 Å². The molecule has 0 aromatic heterocycles. The first-order valence-electron chi connectivity index (χ1n) is 6.60. The van der Waals surface area contributed by atoms with E-state index in [1.165, 1.54) is 12.1 Å². The predicted octanol–water partition coefficient (Wildman–Crippen LogP) is 1.08. The van der Waals surface area contributed by atoms with Crippen LogP contribution < -0.4 is 10.1 Å². The fourth-order valence-corrected chi connectivity index (χ4v) is 2.20. The Bertz CT molecular complexity index is 496. The minimum absolute atomic E-state index is 0.170. The molecule has 1 unspecified atom stereocenters. The number of benzene rings is 1. The maximum Gasteiger partial charge on any atom is 0.175 e. The van der Waals surface area contributed by atoms with Crippen LogP contribution in [0.15, 0.2) is 29.2 Å². The van der Waals surface area contributed by atoms with Gasteiger partial charge in [0.05, 0.1) is 4.90 Å². The maximum absolute atomic E-state index is 11.3. The zero-order valence-corrected chi connectivity index (χ0v) is 13.0. The van der Waals surface area contributed by atoms with Gasteiger partial charge in [-0.05, 0) is 36.7 Å². The Balaban J connectivity index is 2.38. The van der Waals surface area contributed by atoms with Gasteiger partial charge in [-0.25, -0.2) is 8.42 Å². The number of aliphatic hydroxyl groups is 1. The molecule has 0 heterocycles. The SMILES string of the molecule is CC(C)CNCC(O)COc1ccc(S(C)(=O)=O)cc1. The van der Waals surface area contributed by atoms with Crippen LogP contribution in [0.5, 0.6) is 5.75 Å². The van der Waals surface area contributed by atoms with E-state index in [2.05, 4.69) is 19.2 Å². The first-order chi connectivity index (χ1) is 9.29. The second kappa shape index (κ2) is 7.61. The molecule has 0 aliphatic heterocycles. The van der Waals surface area contributed by atoms with Crippen molar-refractivity contribution in [1.82, 2.24) is 5.32 Å². The van der Waals surface area contributed by atoms with Crippen LogP contribution in [0.2, 0.25) is 0 Å². The number of ether oxygens (including phenoxy) is 1. The molecule has 0 aliphatic rings. The van der Waals surface area contributed by atoms with Gasteiger partial charge in [-0.3, -0.25) is 0 Å². The van der Waals surface area contributed by atoms with E-state index in [4.69, 9.17) is 4.74 Å². The van der Waals surface area contributed by atoms with Crippen molar-refractivity contribution < 1.29 is 18.3 Å². The molecule has 1 rings (SSSR count). The monoisotopic (exact) mass is 301 g/mol. The van der Waals surface area contributed by atoms with Crippen molar-refractivity contribution in [2.24, 2.45) is 5.92 Å². The van der Waals surface area contributed by atoms with Crippen LogP contribution in [-0.4, -0.2) is 45.6 Å². The minimum atomic E-state index is -3.19. The second-order valence-electron chi connectivity index (χ2n) is 5.26. The first-order valence-corrected chi connectivity index (χ1v) is 8.50. The van der Waals surface area contributed by atoms with Gasteiger partial charge in [0.25, 0.3) is 0 Å². The summed E-state index contributed by atoms with van der Waals surface area (Å²) >= 11 is 0. The van der Waals surface area contributed by atoms with E-state index in [1.54, 1.807) is 12.1 Å². The van der Waals surface area contributed by atoms with E-state index in [0.29, 0.717) is 18.2 Å². The van der Waals surface area contributed by atoms with E-state index in [9.17, 15) is 13.5 Å². The van der Waals surface area contributed by atoms with Crippen molar-refractivity contribution in [2.45, 2.75) is 24.8 Å². The molecule has 0 bridgehead atoms. The Kier molecular flexibility index (Phi) is 6.45. The molecule has 0 radical (unpaired) electrons. The summed E-state index contributed by atoms with van der Waals surface area (Å²) in [5.74, 6) is 1.08. The highest BCUT2D eigenvalue weighted by Crippen LogP contribution is 2.15. The van der Waals surface area contributed by atoms with Crippen LogP contribution >= 0.6 is 0 Å². The van der Waals surface area contributed by atoms with E-state index in [0.717, 1.165) is 12.8 Å². The molecule has 114 valence electrons. The lowest BCUT2D eigenvalue weighted by molar-refractivity contribution is 0.106. The number of hydrogen-bond donors (Lipinski definition) is 2. The van der Waals surface area contributed by atoms with Crippen LogP contribution in [0.3, 0.4) is 0 Å². The highest BCUT2D eigenvalue weighted by atomic mass is 32.2. The fraction of sp³-hybridized carbons (Fsp3) is 0.571. The third-order valence-electron chi connectivity index (χ3n) is 2.63. The third-order valence-corrected chi connectivity index (χ3v) is 3.76. The van der Waals surface area contributed by atoms with Crippen LogP contribution in [0.25, 0.3) is 0 Å². The second-order valence-corrected chi connectivity index (χ2v) is 7.28. The Morgan fingerprint density at radius 3 is 2.30 bits per heavy atom. The summed E-state index contributed by atoms with van der Waals surface area (Å²) in [7, 11) is -3.19. The number of rotatable bonds is 8. The van der Waals surface area contributed by atoms with Gasteiger partial charge in [0, 0.05) is 12.8 Å². The zero-order valence-electron chi connectivity index (χ0n) is 12.2. The van der Waals surface area contributed by atoms with Crippen molar-refractivity contribution >= 4 is 9.84 Å². The molecule has 1 aromatic rings. The van der Waals surface area contributed by atoms with Gasteiger partial charge in [0.2, 0.25) is 0 Å². The maximum atomic E-state index is 11.3. The van der Waals surface area contributed by atoms with E-state index in [-0.39, 0.29) is 11.5 Å². The van der Waals surface area contributed by atoms with Crippen LogP contribution in [0, 0.1) is 5.92 Å². The zero-order chi connectivity index (χ0) is 15.2. The number of sulfone groups is 1. The summed E-state index contributed by atoms with van der Waals surface area (Å²) in [6, 6.07) is 6.16. The molecule has 20 heavy (non-hydrogen) atoms. The fourth-order valence-electron chi connectivity index (χ4n) is 1.57. The van der Waals surface area contributed by atoms with Crippen molar-refractivity contribution in [3.8, 4) is 5.75 Å². The summed E-state index contributed by atoms with van der Waals surface area (Å²) in [5, 5.41) is 12.9. The Morgan fingerprint density at radius 1 is 1.20 bits per heavy atom. The van der Waals surface area contributed by atoms with Crippen LogP contribution in [0.1, 0.15) is 13.8 Å². The lowest BCUT2D eigenvalue weighted by Crippen LogP contribution is -2.33. The third kappa shape index (κ3) is 6.36. The summed E-state index contributed by atoms with van der Waals surface area (Å²) < 4.78 is 28.0. The molecule has 0 spiro atoms. The molecule has 0 aliphatic carbocycles. The smallest absolute Gasteiger partial charge is 0.175 e. The number of hydrogen-bond acceptors (Lipinski definition) is 5. The molecular formula is C14H23NO4S. The quantitative estimate of drug-likeness (QED) is 0.751. The normalized spacial score (nSPS) is 13.4. The lowest BCUT2D eigenvalue weighted by atomic mass is 10.2. The van der Waals surface area contributed by atoms with Gasteiger partial charge in [-0.15, -0.1) is 0 Å². The molecule has 2 N–H and O–H groups in total. The van der Waals surface area contributed by atoms with E-state index >= 15 is 0 Å². The molecule has 5 nitrogen and oxygen atoms in total. The van der Waals surface area contributed by atoms with E-state index in [1.807, 2.05) is 0 Å². The van der Waals surface area contributed by atoms with Crippen LogP contribution in [0.4, 0.5) is 0 Å². The van der Waals surface area contributed by atoms with Gasteiger partial charge < -0.3 is 15.2 Å². The average Bonchev–Trinajstić information content (AvgIpc) is 2.35. The summed E-state index contributed by atoms with van der Waals surface area (Å²) in [6.07, 6.45) is 0.566. The van der Waals surface area contributed by atoms with Gasteiger partial charge in [0.15, 0.2) is 9.84 Å². The number of aliphatic hydroxyl groups excluding tert-OH is 1. The summed E-state index contributed by atoms with van der Waals surface area (Å²) in [4.78, 5) is 0.254. The molecule has 6 heteroatoms. The standard InChI is InChI=1S/C14H23NO4S/c1-11(2)8-15-9-12(16)10-19-13-4-6-14(7-5-13)20(3,17)18/h4-7,11-12,15-16H,8-10H2,1-3H3. The molecule has 1 aromatic carbocycles. The summed E-state index contributed by atoms with van der Waals surface area (Å²) in [5.41, 5.74) is 0. The van der Waals surface area contributed by atoms with Crippen molar-refractivity contribution in [2.75, 3.05) is 26.0 Å². The predicted molar refractivity (Wildman–Crippen MR) is 78.8 cm³/mol. The summed E-state index contributed by atoms with van der Waals surface area (Å²) in [6.45, 7) is 5.68. The number of nitrogens with one attached hydrogen (secondary N) is 1. The van der Waals surface area contributed by atoms with Crippen molar-refractivity contribution in [1.29, 1.82) is 0 Å². The average molecular weight is 301 g/mol. The van der Waals surface area contributed by atoms with Gasteiger partial charge >= 0.3 is 0 Å². The molecule has 0 fully saturated rings. The molecule has 0 saturated carbocycles. The molecule has 0 saturated heterocycles. The Hall–Kier alpha value is -1.11. The van der Waals surface area contributed by atoms with Gasteiger partial charge in [-0.1, -0.05) is 13.8 Å². The van der Waals surface area contributed by atoms with Crippen LogP contribution in [-0.2, 0) is 9.84 Å². The molecule has 0 amide bonds. The Labute approximate surface area is 120 Å². The lowest BCUT2D eigenvalue weighted by Gasteiger charge is -2.14. The minimum Gasteiger partial charge on any atom is -0.491 e. The highest BCUT2D eigenvalue weighted by molar-refractivity contribution is 7.90. The first kappa shape index (κ1) is 16.9. The van der Waals surface area contributed by atoms with Crippen molar-refractivity contribution in [3.63, 3.8) is 0 Å². The van der Waals surface area contributed by atoms with E-state index < -0.39 is 15.9 Å². The largest absolute Gasteiger partial charge is 0.491 e. The Morgan fingerprint density at radius 2 is 1.80 bits per heavy atom.